The highest BCUT2D eigenvalue weighted by molar-refractivity contribution is 9.10. The Bertz CT molecular complexity index is 478. The summed E-state index contributed by atoms with van der Waals surface area (Å²) in [6.07, 6.45) is 0.875. The first-order valence-electron chi connectivity index (χ1n) is 6.08. The molecule has 5 heteroatoms. The van der Waals surface area contributed by atoms with Crippen molar-refractivity contribution in [1.82, 2.24) is 4.90 Å². The van der Waals surface area contributed by atoms with Crippen LogP contribution in [0.25, 0.3) is 0 Å². The van der Waals surface area contributed by atoms with Crippen molar-refractivity contribution in [2.75, 3.05) is 19.7 Å². The number of alkyl halides is 2. The molecule has 0 aliphatic carbocycles. The molecule has 0 bridgehead atoms. The second-order valence-corrected chi connectivity index (χ2v) is 5.84. The Morgan fingerprint density at radius 2 is 2.22 bits per heavy atom. The molecule has 1 saturated heterocycles. The van der Waals surface area contributed by atoms with Crippen molar-refractivity contribution in [2.45, 2.75) is 25.3 Å². The van der Waals surface area contributed by atoms with E-state index in [-0.39, 0.29) is 13.0 Å². The zero-order chi connectivity index (χ0) is 12.8. The molecule has 1 fully saturated rings. The molecular weight excluding hydrogens is 304 g/mol. The average Bonchev–Trinajstić information content (AvgIpc) is 2.85. The van der Waals surface area contributed by atoms with Gasteiger partial charge in [-0.15, -0.1) is 0 Å². The van der Waals surface area contributed by atoms with E-state index in [2.05, 4.69) is 22.0 Å². The predicted octanol–water partition coefficient (Wildman–Crippen LogP) is 3.23. The van der Waals surface area contributed by atoms with E-state index in [1.165, 1.54) is 5.56 Å². The second kappa shape index (κ2) is 4.46. The van der Waals surface area contributed by atoms with Gasteiger partial charge in [-0.05, 0) is 33.1 Å². The smallest absolute Gasteiger partial charge is 0.261 e. The van der Waals surface area contributed by atoms with Gasteiger partial charge in [-0.25, -0.2) is 8.78 Å². The van der Waals surface area contributed by atoms with Crippen LogP contribution in [0.2, 0.25) is 0 Å². The molecule has 0 aromatic heterocycles. The number of benzene rings is 1. The summed E-state index contributed by atoms with van der Waals surface area (Å²) in [4.78, 5) is 1.81. The molecule has 1 aromatic carbocycles. The second-order valence-electron chi connectivity index (χ2n) is 4.98. The van der Waals surface area contributed by atoms with Crippen LogP contribution in [-0.2, 0) is 13.0 Å². The number of nitrogens with zero attached hydrogens (tertiary/aromatic N) is 1. The molecule has 0 N–H and O–H groups in total. The SMILES string of the molecule is FC1(F)CCN(Cc2cc(Br)c3c(c2)CCO3)C1. The summed E-state index contributed by atoms with van der Waals surface area (Å²) in [6.45, 7) is 1.64. The number of hydrogen-bond donors (Lipinski definition) is 0. The molecule has 2 aliphatic rings. The lowest BCUT2D eigenvalue weighted by atomic mass is 10.1. The molecular formula is C13H14BrF2NO. The number of rotatable bonds is 2. The van der Waals surface area contributed by atoms with E-state index in [1.807, 2.05) is 11.0 Å². The third kappa shape index (κ3) is 2.38. The summed E-state index contributed by atoms with van der Waals surface area (Å²) in [6, 6.07) is 4.05. The molecule has 2 nitrogen and oxygen atoms in total. The molecule has 0 amide bonds. The molecule has 0 radical (unpaired) electrons. The maximum Gasteiger partial charge on any atom is 0.261 e. The van der Waals surface area contributed by atoms with Gasteiger partial charge < -0.3 is 4.74 Å². The van der Waals surface area contributed by atoms with Gasteiger partial charge in [-0.2, -0.15) is 0 Å². The molecule has 3 rings (SSSR count). The van der Waals surface area contributed by atoms with Crippen LogP contribution < -0.4 is 4.74 Å². The fourth-order valence-corrected chi connectivity index (χ4v) is 3.28. The Labute approximate surface area is 113 Å². The van der Waals surface area contributed by atoms with Crippen LogP contribution in [0.3, 0.4) is 0 Å². The molecule has 98 valence electrons. The Hall–Kier alpha value is -0.680. The monoisotopic (exact) mass is 317 g/mol. The van der Waals surface area contributed by atoms with Crippen molar-refractivity contribution in [2.24, 2.45) is 0 Å². The standard InChI is InChI=1S/C13H14BrF2NO/c14-11-6-9(5-10-1-4-18-12(10)11)7-17-3-2-13(15,16)8-17/h5-6H,1-4,7-8H2. The van der Waals surface area contributed by atoms with E-state index in [4.69, 9.17) is 4.74 Å². The highest BCUT2D eigenvalue weighted by Crippen LogP contribution is 2.36. The van der Waals surface area contributed by atoms with Gasteiger partial charge in [0, 0.05) is 25.9 Å². The zero-order valence-electron chi connectivity index (χ0n) is 9.89. The highest BCUT2D eigenvalue weighted by atomic mass is 79.9. The third-order valence-corrected chi connectivity index (χ3v) is 4.04. The van der Waals surface area contributed by atoms with Crippen molar-refractivity contribution in [3.8, 4) is 5.75 Å². The lowest BCUT2D eigenvalue weighted by molar-refractivity contribution is 0.0115. The summed E-state index contributed by atoms with van der Waals surface area (Å²) in [5.74, 6) is -1.61. The number of fused-ring (bicyclic) bond motifs is 1. The van der Waals surface area contributed by atoms with Crippen molar-refractivity contribution in [3.05, 3.63) is 27.7 Å². The van der Waals surface area contributed by atoms with Crippen molar-refractivity contribution >= 4 is 15.9 Å². The van der Waals surface area contributed by atoms with Crippen LogP contribution in [0.5, 0.6) is 5.75 Å². The van der Waals surface area contributed by atoms with Crippen LogP contribution >= 0.6 is 15.9 Å². The largest absolute Gasteiger partial charge is 0.492 e. The summed E-state index contributed by atoms with van der Waals surface area (Å²) < 4.78 is 32.7. The Balaban J connectivity index is 1.76. The quantitative estimate of drug-likeness (QED) is 0.830. The Kier molecular flexibility index (Phi) is 3.06. The van der Waals surface area contributed by atoms with Gasteiger partial charge >= 0.3 is 0 Å². The number of likely N-dealkylation sites (tertiary alicyclic amines) is 1. The molecule has 0 spiro atoms. The minimum absolute atomic E-state index is 0.0256. The predicted molar refractivity (Wildman–Crippen MR) is 68.2 cm³/mol. The van der Waals surface area contributed by atoms with E-state index >= 15 is 0 Å². The Morgan fingerprint density at radius 1 is 1.39 bits per heavy atom. The van der Waals surface area contributed by atoms with E-state index in [0.717, 1.165) is 22.2 Å². The minimum atomic E-state index is -2.52. The lowest BCUT2D eigenvalue weighted by Gasteiger charge is -2.16. The van der Waals surface area contributed by atoms with Gasteiger partial charge in [0.2, 0.25) is 0 Å². The first-order chi connectivity index (χ1) is 8.53. The molecule has 0 atom stereocenters. The molecule has 18 heavy (non-hydrogen) atoms. The van der Waals surface area contributed by atoms with Crippen molar-refractivity contribution in [3.63, 3.8) is 0 Å². The lowest BCUT2D eigenvalue weighted by Crippen LogP contribution is -2.24. The van der Waals surface area contributed by atoms with Gasteiger partial charge in [0.05, 0.1) is 17.6 Å². The van der Waals surface area contributed by atoms with E-state index in [1.54, 1.807) is 0 Å². The zero-order valence-corrected chi connectivity index (χ0v) is 11.5. The van der Waals surface area contributed by atoms with Crippen molar-refractivity contribution in [1.29, 1.82) is 0 Å². The maximum absolute atomic E-state index is 13.1. The summed E-state index contributed by atoms with van der Waals surface area (Å²) >= 11 is 3.48. The third-order valence-electron chi connectivity index (χ3n) is 3.45. The van der Waals surface area contributed by atoms with Crippen LogP contribution in [-0.4, -0.2) is 30.5 Å². The van der Waals surface area contributed by atoms with Gasteiger partial charge in [-0.1, -0.05) is 6.07 Å². The van der Waals surface area contributed by atoms with Gasteiger partial charge in [0.25, 0.3) is 5.92 Å². The molecule has 0 saturated carbocycles. The molecule has 1 aromatic rings. The van der Waals surface area contributed by atoms with Crippen LogP contribution in [0.1, 0.15) is 17.5 Å². The highest BCUT2D eigenvalue weighted by Gasteiger charge is 2.38. The number of hydrogen-bond acceptors (Lipinski definition) is 2. The van der Waals surface area contributed by atoms with Gasteiger partial charge in [0.15, 0.2) is 0 Å². The van der Waals surface area contributed by atoms with E-state index in [0.29, 0.717) is 19.7 Å². The average molecular weight is 318 g/mol. The summed E-state index contributed by atoms with van der Waals surface area (Å²) in [5, 5.41) is 0. The number of ether oxygens (including phenoxy) is 1. The Morgan fingerprint density at radius 3 is 2.94 bits per heavy atom. The van der Waals surface area contributed by atoms with E-state index < -0.39 is 5.92 Å². The summed E-state index contributed by atoms with van der Waals surface area (Å²) in [7, 11) is 0. The topological polar surface area (TPSA) is 12.5 Å². The van der Waals surface area contributed by atoms with Crippen molar-refractivity contribution < 1.29 is 13.5 Å². The van der Waals surface area contributed by atoms with Crippen LogP contribution in [0.4, 0.5) is 8.78 Å². The van der Waals surface area contributed by atoms with Gasteiger partial charge in [0.1, 0.15) is 5.75 Å². The first-order valence-corrected chi connectivity index (χ1v) is 6.87. The number of halogens is 3. The molecule has 0 unspecified atom stereocenters. The maximum atomic E-state index is 13.1. The van der Waals surface area contributed by atoms with Crippen LogP contribution in [0.15, 0.2) is 16.6 Å². The summed E-state index contributed by atoms with van der Waals surface area (Å²) in [5.41, 5.74) is 2.24. The fraction of sp³-hybridized carbons (Fsp3) is 0.538. The molecule has 2 heterocycles. The first kappa shape index (κ1) is 12.4. The van der Waals surface area contributed by atoms with Crippen LogP contribution in [0, 0.1) is 0 Å². The molecule has 2 aliphatic heterocycles. The fourth-order valence-electron chi connectivity index (χ4n) is 2.61. The van der Waals surface area contributed by atoms with Gasteiger partial charge in [-0.3, -0.25) is 4.90 Å². The minimum Gasteiger partial charge on any atom is -0.492 e. The van der Waals surface area contributed by atoms with E-state index in [9.17, 15) is 8.78 Å². The normalized spacial score (nSPS) is 21.9.